The Balaban J connectivity index is 1.46. The van der Waals surface area contributed by atoms with Crippen molar-refractivity contribution in [2.24, 2.45) is 5.92 Å². The molecule has 1 aromatic heterocycles. The first kappa shape index (κ1) is 31.3. The van der Waals surface area contributed by atoms with Crippen LogP contribution in [0.5, 0.6) is 0 Å². The monoisotopic (exact) mass is 589 g/mol. The number of hydrogen-bond donors (Lipinski definition) is 1. The summed E-state index contributed by atoms with van der Waals surface area (Å²) in [5.41, 5.74) is -0.172. The summed E-state index contributed by atoms with van der Waals surface area (Å²) >= 11 is 0. The number of amides is 3. The second kappa shape index (κ2) is 14.0. The van der Waals surface area contributed by atoms with E-state index in [0.717, 1.165) is 24.1 Å². The summed E-state index contributed by atoms with van der Waals surface area (Å²) in [6, 6.07) is 7.65. The third-order valence-electron chi connectivity index (χ3n) is 7.97. The number of anilines is 1. The minimum Gasteiger partial charge on any atom is -0.383 e. The molecule has 2 unspecified atom stereocenters. The molecule has 2 atom stereocenters. The highest BCUT2D eigenvalue weighted by atomic mass is 19.4. The van der Waals surface area contributed by atoms with Gasteiger partial charge < -0.3 is 24.8 Å². The van der Waals surface area contributed by atoms with E-state index in [-0.39, 0.29) is 18.4 Å². The van der Waals surface area contributed by atoms with Crippen LogP contribution in [-0.2, 0) is 15.7 Å². The van der Waals surface area contributed by atoms with Crippen molar-refractivity contribution in [2.75, 3.05) is 57.9 Å². The van der Waals surface area contributed by atoms with E-state index in [1.165, 1.54) is 4.90 Å². The van der Waals surface area contributed by atoms with Gasteiger partial charge in [0.25, 0.3) is 11.8 Å². The Labute approximate surface area is 244 Å². The van der Waals surface area contributed by atoms with E-state index in [4.69, 9.17) is 4.74 Å². The Morgan fingerprint density at radius 2 is 1.79 bits per heavy atom. The summed E-state index contributed by atoms with van der Waals surface area (Å²) in [6.45, 7) is 4.93. The minimum atomic E-state index is -4.69. The van der Waals surface area contributed by atoms with Gasteiger partial charge in [0.05, 0.1) is 29.2 Å². The van der Waals surface area contributed by atoms with Crippen molar-refractivity contribution in [1.82, 2.24) is 20.1 Å². The first-order chi connectivity index (χ1) is 20.2. The lowest BCUT2D eigenvalue weighted by atomic mass is 9.84. The fourth-order valence-corrected chi connectivity index (χ4v) is 5.92. The van der Waals surface area contributed by atoms with E-state index in [2.05, 4.69) is 15.2 Å². The Morgan fingerprint density at radius 1 is 1.05 bits per heavy atom. The molecule has 1 aromatic carbocycles. The summed E-state index contributed by atoms with van der Waals surface area (Å²) in [5.74, 6) is -1.52. The summed E-state index contributed by atoms with van der Waals surface area (Å²) in [7, 11) is 1.57. The van der Waals surface area contributed by atoms with Gasteiger partial charge in [0.15, 0.2) is 0 Å². The quantitative estimate of drug-likeness (QED) is 0.447. The number of benzene rings is 1. The van der Waals surface area contributed by atoms with Crippen LogP contribution in [0.2, 0.25) is 0 Å². The maximum atomic E-state index is 13.8. The van der Waals surface area contributed by atoms with Gasteiger partial charge in [-0.05, 0) is 37.5 Å². The number of methoxy groups -OCH3 is 1. The molecule has 0 radical (unpaired) electrons. The number of ether oxygens (including phenoxy) is 1. The van der Waals surface area contributed by atoms with Crippen LogP contribution in [0, 0.1) is 5.92 Å². The molecule has 12 heteroatoms. The molecule has 2 aliphatic heterocycles. The summed E-state index contributed by atoms with van der Waals surface area (Å²) in [6.07, 6.45) is -0.426. The van der Waals surface area contributed by atoms with Gasteiger partial charge in [-0.2, -0.15) is 13.2 Å². The molecule has 9 nitrogen and oxygen atoms in total. The van der Waals surface area contributed by atoms with E-state index < -0.39 is 35.2 Å². The van der Waals surface area contributed by atoms with Crippen LogP contribution in [0.4, 0.5) is 18.9 Å². The second-order valence-electron chi connectivity index (χ2n) is 10.6. The molecule has 4 rings (SSSR count). The number of nitrogens with zero attached hydrogens (tertiary/aromatic N) is 4. The molecule has 0 spiro atoms. The average molecular weight is 590 g/mol. The van der Waals surface area contributed by atoms with E-state index in [1.807, 2.05) is 25.1 Å². The largest absolute Gasteiger partial charge is 0.417 e. The van der Waals surface area contributed by atoms with Crippen molar-refractivity contribution in [3.63, 3.8) is 0 Å². The van der Waals surface area contributed by atoms with Crippen LogP contribution in [0.25, 0.3) is 0 Å². The topological polar surface area (TPSA) is 95.1 Å². The van der Waals surface area contributed by atoms with Gasteiger partial charge >= 0.3 is 6.18 Å². The molecule has 2 fully saturated rings. The summed E-state index contributed by atoms with van der Waals surface area (Å²) in [4.78, 5) is 49.2. The fourth-order valence-electron chi connectivity index (χ4n) is 5.92. The van der Waals surface area contributed by atoms with E-state index >= 15 is 0 Å². The first-order valence-corrected chi connectivity index (χ1v) is 14.4. The van der Waals surface area contributed by atoms with Crippen molar-refractivity contribution in [3.8, 4) is 0 Å². The molecular weight excluding hydrogens is 551 g/mol. The Bertz CT molecular complexity index is 1250. The van der Waals surface area contributed by atoms with Gasteiger partial charge in [0.2, 0.25) is 5.91 Å². The fraction of sp³-hybridized carbons (Fsp3) is 0.533. The zero-order chi connectivity index (χ0) is 30.3. The van der Waals surface area contributed by atoms with Gasteiger partial charge in [0, 0.05) is 70.5 Å². The van der Waals surface area contributed by atoms with Gasteiger partial charge in [-0.1, -0.05) is 25.5 Å². The third kappa shape index (κ3) is 7.03. The zero-order valence-corrected chi connectivity index (χ0v) is 24.0. The number of hydrogen-bond acceptors (Lipinski definition) is 6. The zero-order valence-electron chi connectivity index (χ0n) is 24.0. The molecule has 228 valence electrons. The summed E-state index contributed by atoms with van der Waals surface area (Å²) < 4.78 is 46.0. The maximum absolute atomic E-state index is 13.8. The molecule has 0 saturated carbocycles. The Morgan fingerprint density at radius 3 is 2.48 bits per heavy atom. The third-order valence-corrected chi connectivity index (χ3v) is 7.97. The highest BCUT2D eigenvalue weighted by Gasteiger charge is 2.43. The smallest absolute Gasteiger partial charge is 0.383 e. The van der Waals surface area contributed by atoms with Gasteiger partial charge in [0.1, 0.15) is 0 Å². The number of pyridine rings is 1. The van der Waals surface area contributed by atoms with Gasteiger partial charge in [-0.15, -0.1) is 0 Å². The highest BCUT2D eigenvalue weighted by Crippen LogP contribution is 2.35. The number of piperazine rings is 1. The van der Waals surface area contributed by atoms with Crippen LogP contribution in [0.3, 0.4) is 0 Å². The van der Waals surface area contributed by atoms with Crippen LogP contribution in [0.1, 0.15) is 58.9 Å². The number of carbonyl (C=O) groups is 3. The molecule has 2 aliphatic rings. The number of alkyl halides is 3. The number of nitrogens with one attached hydrogen (secondary N) is 1. The van der Waals surface area contributed by atoms with E-state index in [9.17, 15) is 27.6 Å². The van der Waals surface area contributed by atoms with Crippen molar-refractivity contribution in [1.29, 1.82) is 0 Å². The van der Waals surface area contributed by atoms with Crippen LogP contribution >= 0.6 is 0 Å². The lowest BCUT2D eigenvalue weighted by molar-refractivity contribution is -0.140. The molecule has 0 bridgehead atoms. The van der Waals surface area contributed by atoms with Gasteiger partial charge in [-0.3, -0.25) is 19.4 Å². The molecule has 3 amide bonds. The van der Waals surface area contributed by atoms with E-state index in [1.54, 1.807) is 18.1 Å². The Hall–Kier alpha value is -3.67. The van der Waals surface area contributed by atoms with Crippen LogP contribution < -0.4 is 10.2 Å². The number of aromatic nitrogens is 1. The maximum Gasteiger partial charge on any atom is 0.417 e. The van der Waals surface area contributed by atoms with Crippen molar-refractivity contribution in [2.45, 2.75) is 44.8 Å². The van der Waals surface area contributed by atoms with Crippen LogP contribution in [0.15, 0.2) is 42.7 Å². The molecule has 42 heavy (non-hydrogen) atoms. The van der Waals surface area contributed by atoms with Crippen LogP contribution in [-0.4, -0.2) is 91.5 Å². The standard InChI is InChI=1S/C30H38F3N5O4/c1-3-7-26-22(9-6-14-38(26)29(41)23-20-34-12-11-24(23)30(31,32)33)28(40)37-17-15-36(16-18-37)25-10-5-4-8-21(25)27(39)35-13-19-42-2/h4-5,8,10-12,20,22,26H,3,6-7,9,13-19H2,1-2H3,(H,35,39). The van der Waals surface area contributed by atoms with E-state index in [0.29, 0.717) is 70.6 Å². The normalized spacial score (nSPS) is 19.5. The Kier molecular flexibility index (Phi) is 10.4. The lowest BCUT2D eigenvalue weighted by Crippen LogP contribution is -2.57. The molecule has 1 N–H and O–H groups in total. The average Bonchev–Trinajstić information content (AvgIpc) is 3.00. The van der Waals surface area contributed by atoms with Gasteiger partial charge in [-0.25, -0.2) is 0 Å². The minimum absolute atomic E-state index is 0.0848. The SMILES string of the molecule is CCCC1C(C(=O)N2CCN(c3ccccc3C(=O)NCCOC)CC2)CCCN1C(=O)c1cnccc1C(F)(F)F. The van der Waals surface area contributed by atoms with Crippen molar-refractivity contribution < 1.29 is 32.3 Å². The van der Waals surface area contributed by atoms with Crippen molar-refractivity contribution in [3.05, 3.63) is 59.4 Å². The predicted molar refractivity (Wildman–Crippen MR) is 151 cm³/mol. The second-order valence-corrected chi connectivity index (χ2v) is 10.6. The number of para-hydroxylation sites is 1. The number of halogens is 3. The number of piperidine rings is 1. The van der Waals surface area contributed by atoms with Crippen molar-refractivity contribution >= 4 is 23.4 Å². The molecular formula is C30H38F3N5O4. The number of rotatable bonds is 9. The number of carbonyl (C=O) groups excluding carboxylic acids is 3. The lowest BCUT2D eigenvalue weighted by Gasteiger charge is -2.44. The first-order valence-electron chi connectivity index (χ1n) is 14.4. The molecule has 3 heterocycles. The summed E-state index contributed by atoms with van der Waals surface area (Å²) in [5, 5.41) is 2.85. The molecule has 0 aliphatic carbocycles. The molecule has 2 saturated heterocycles. The highest BCUT2D eigenvalue weighted by molar-refractivity contribution is 6.00. The number of likely N-dealkylation sites (tertiary alicyclic amines) is 1. The molecule has 2 aromatic rings. The predicted octanol–water partition coefficient (Wildman–Crippen LogP) is 3.85.